The minimum atomic E-state index is 0.533. The van der Waals surface area contributed by atoms with Crippen molar-refractivity contribution in [3.8, 4) is 0 Å². The molecule has 2 N–H and O–H groups in total. The zero-order valence-electron chi connectivity index (χ0n) is 11.0. The maximum absolute atomic E-state index is 5.24. The zero-order chi connectivity index (χ0) is 12.5. The molecule has 4 nitrogen and oxygen atoms in total. The lowest BCUT2D eigenvalue weighted by molar-refractivity contribution is 0.201. The van der Waals surface area contributed by atoms with Gasteiger partial charge in [0.2, 0.25) is 0 Å². The first kappa shape index (κ1) is 14.7. The molecule has 0 atom stereocenters. The van der Waals surface area contributed by atoms with Crippen LogP contribution in [0.25, 0.3) is 0 Å². The van der Waals surface area contributed by atoms with Crippen molar-refractivity contribution in [2.75, 3.05) is 39.9 Å². The first-order valence-corrected chi connectivity index (χ1v) is 6.92. The Balaban J connectivity index is 2.10. The molecule has 0 aromatic carbocycles. The van der Waals surface area contributed by atoms with Gasteiger partial charge in [-0.25, -0.2) is 0 Å². The average Bonchev–Trinajstić information content (AvgIpc) is 2.32. The number of hydrogen-bond donors (Lipinski definition) is 2. The quantitative estimate of drug-likeness (QED) is 0.549. The van der Waals surface area contributed by atoms with Crippen LogP contribution in [0.3, 0.4) is 0 Å². The molecule has 0 spiro atoms. The van der Waals surface area contributed by atoms with Crippen molar-refractivity contribution < 1.29 is 4.74 Å². The van der Waals surface area contributed by atoms with Gasteiger partial charge >= 0.3 is 0 Å². The first-order valence-electron chi connectivity index (χ1n) is 6.52. The average molecular weight is 259 g/mol. The Morgan fingerprint density at radius 1 is 1.41 bits per heavy atom. The van der Waals surface area contributed by atoms with Crippen LogP contribution in [0.2, 0.25) is 0 Å². The van der Waals surface area contributed by atoms with Gasteiger partial charge in [0.1, 0.15) is 0 Å². The zero-order valence-corrected chi connectivity index (χ0v) is 11.8. The summed E-state index contributed by atoms with van der Waals surface area (Å²) in [5, 5.41) is 7.29. The van der Waals surface area contributed by atoms with E-state index >= 15 is 0 Å². The van der Waals surface area contributed by atoms with E-state index in [-0.39, 0.29) is 0 Å². The van der Waals surface area contributed by atoms with Gasteiger partial charge in [0, 0.05) is 32.8 Å². The highest BCUT2D eigenvalue weighted by molar-refractivity contribution is 7.80. The summed E-state index contributed by atoms with van der Waals surface area (Å²) in [6.07, 6.45) is 3.62. The lowest BCUT2D eigenvalue weighted by atomic mass is 10.1. The Bertz CT molecular complexity index is 218. The molecule has 1 rings (SSSR count). The van der Waals surface area contributed by atoms with E-state index in [1.807, 2.05) is 0 Å². The highest BCUT2D eigenvalue weighted by atomic mass is 32.1. The van der Waals surface area contributed by atoms with E-state index in [4.69, 9.17) is 17.0 Å². The van der Waals surface area contributed by atoms with Gasteiger partial charge in [-0.05, 0) is 38.0 Å². The molecule has 1 fully saturated rings. The van der Waals surface area contributed by atoms with Gasteiger partial charge in [-0.1, -0.05) is 6.92 Å². The van der Waals surface area contributed by atoms with E-state index in [1.165, 1.54) is 38.9 Å². The Morgan fingerprint density at radius 3 is 2.71 bits per heavy atom. The van der Waals surface area contributed by atoms with Gasteiger partial charge < -0.3 is 20.3 Å². The Labute approximate surface area is 110 Å². The first-order chi connectivity index (χ1) is 8.26. The van der Waals surface area contributed by atoms with E-state index in [9.17, 15) is 0 Å². The molecular formula is C12H25N3OS. The second kappa shape index (κ2) is 8.66. The predicted octanol–water partition coefficient (Wildman–Crippen LogP) is 0.971. The highest BCUT2D eigenvalue weighted by Gasteiger charge is 2.18. The van der Waals surface area contributed by atoms with Crippen LogP contribution in [0.4, 0.5) is 0 Å². The molecule has 0 amide bonds. The van der Waals surface area contributed by atoms with E-state index in [0.29, 0.717) is 12.6 Å². The fraction of sp³-hybridized carbons (Fsp3) is 0.917. The number of thiocarbonyl (C=S) groups is 1. The van der Waals surface area contributed by atoms with Crippen LogP contribution in [0.1, 0.15) is 26.2 Å². The molecule has 0 bridgehead atoms. The summed E-state index contributed by atoms with van der Waals surface area (Å²) in [7, 11) is 1.70. The SMILES string of the molecule is CCCN1CCC(NC(=S)NCCOC)CC1. The summed E-state index contributed by atoms with van der Waals surface area (Å²) in [4.78, 5) is 2.53. The summed E-state index contributed by atoms with van der Waals surface area (Å²) in [6, 6.07) is 0.533. The van der Waals surface area contributed by atoms with Crippen molar-refractivity contribution in [3.05, 3.63) is 0 Å². The third-order valence-electron chi connectivity index (χ3n) is 3.05. The Kier molecular flexibility index (Phi) is 7.48. The number of nitrogens with zero attached hydrogens (tertiary/aromatic N) is 1. The minimum Gasteiger partial charge on any atom is -0.383 e. The minimum absolute atomic E-state index is 0.533. The molecule has 1 aliphatic rings. The van der Waals surface area contributed by atoms with Crippen molar-refractivity contribution >= 4 is 17.3 Å². The Morgan fingerprint density at radius 2 is 2.12 bits per heavy atom. The van der Waals surface area contributed by atoms with Crippen molar-refractivity contribution in [1.82, 2.24) is 15.5 Å². The summed E-state index contributed by atoms with van der Waals surface area (Å²) < 4.78 is 4.97. The molecule has 100 valence electrons. The van der Waals surface area contributed by atoms with Crippen molar-refractivity contribution in [1.29, 1.82) is 0 Å². The monoisotopic (exact) mass is 259 g/mol. The third kappa shape index (κ3) is 6.19. The number of rotatable bonds is 6. The molecule has 1 heterocycles. The summed E-state index contributed by atoms with van der Waals surface area (Å²) in [6.45, 7) is 7.30. The van der Waals surface area contributed by atoms with Crippen LogP contribution in [-0.2, 0) is 4.74 Å². The second-order valence-corrected chi connectivity index (χ2v) is 4.92. The number of methoxy groups -OCH3 is 1. The van der Waals surface area contributed by atoms with E-state index < -0.39 is 0 Å². The van der Waals surface area contributed by atoms with Crippen LogP contribution >= 0.6 is 12.2 Å². The van der Waals surface area contributed by atoms with Gasteiger partial charge in [0.05, 0.1) is 6.61 Å². The third-order valence-corrected chi connectivity index (χ3v) is 3.32. The number of likely N-dealkylation sites (tertiary alicyclic amines) is 1. The van der Waals surface area contributed by atoms with Crippen LogP contribution < -0.4 is 10.6 Å². The topological polar surface area (TPSA) is 36.5 Å². The normalized spacial score (nSPS) is 18.0. The van der Waals surface area contributed by atoms with Crippen LogP contribution in [0, 0.1) is 0 Å². The smallest absolute Gasteiger partial charge is 0.166 e. The molecule has 0 unspecified atom stereocenters. The molecule has 0 aromatic heterocycles. The summed E-state index contributed by atoms with van der Waals surface area (Å²) in [5.74, 6) is 0. The second-order valence-electron chi connectivity index (χ2n) is 4.51. The van der Waals surface area contributed by atoms with E-state index in [1.54, 1.807) is 7.11 Å². The maximum Gasteiger partial charge on any atom is 0.166 e. The molecule has 17 heavy (non-hydrogen) atoms. The van der Waals surface area contributed by atoms with Crippen molar-refractivity contribution in [2.24, 2.45) is 0 Å². The molecule has 0 aromatic rings. The van der Waals surface area contributed by atoms with Crippen molar-refractivity contribution in [2.45, 2.75) is 32.2 Å². The van der Waals surface area contributed by atoms with Crippen LogP contribution in [0.5, 0.6) is 0 Å². The fourth-order valence-corrected chi connectivity index (χ4v) is 2.39. The van der Waals surface area contributed by atoms with Crippen LogP contribution in [0.15, 0.2) is 0 Å². The van der Waals surface area contributed by atoms with E-state index in [2.05, 4.69) is 22.5 Å². The molecule has 0 radical (unpaired) electrons. The van der Waals surface area contributed by atoms with Crippen LogP contribution in [-0.4, -0.2) is 55.9 Å². The largest absolute Gasteiger partial charge is 0.383 e. The number of hydrogen-bond acceptors (Lipinski definition) is 3. The van der Waals surface area contributed by atoms with Gasteiger partial charge in [-0.15, -0.1) is 0 Å². The molecule has 0 saturated carbocycles. The fourth-order valence-electron chi connectivity index (χ4n) is 2.12. The van der Waals surface area contributed by atoms with Gasteiger partial charge in [-0.2, -0.15) is 0 Å². The maximum atomic E-state index is 5.24. The van der Waals surface area contributed by atoms with E-state index in [0.717, 1.165) is 11.7 Å². The predicted molar refractivity (Wildman–Crippen MR) is 75.4 cm³/mol. The molecule has 0 aliphatic carbocycles. The standard InChI is InChI=1S/C12H25N3OS/c1-3-7-15-8-4-11(5-9-15)14-12(17)13-6-10-16-2/h11H,3-10H2,1-2H3,(H2,13,14,17). The summed E-state index contributed by atoms with van der Waals surface area (Å²) >= 11 is 5.24. The molecule has 5 heteroatoms. The number of piperidine rings is 1. The summed E-state index contributed by atoms with van der Waals surface area (Å²) in [5.41, 5.74) is 0. The van der Waals surface area contributed by atoms with Crippen molar-refractivity contribution in [3.63, 3.8) is 0 Å². The van der Waals surface area contributed by atoms with Gasteiger partial charge in [-0.3, -0.25) is 0 Å². The van der Waals surface area contributed by atoms with Gasteiger partial charge in [0.25, 0.3) is 0 Å². The molecule has 1 saturated heterocycles. The van der Waals surface area contributed by atoms with Gasteiger partial charge in [0.15, 0.2) is 5.11 Å². The number of nitrogens with one attached hydrogen (secondary N) is 2. The molecular weight excluding hydrogens is 234 g/mol. The lowest BCUT2D eigenvalue weighted by Gasteiger charge is -2.32. The highest BCUT2D eigenvalue weighted by Crippen LogP contribution is 2.10. The lowest BCUT2D eigenvalue weighted by Crippen LogP contribution is -2.48. The Hall–Kier alpha value is -0.390. The number of ether oxygens (including phenoxy) is 1. The molecule has 1 aliphatic heterocycles.